The van der Waals surface area contributed by atoms with Gasteiger partial charge in [-0.1, -0.05) is 194 Å². The molecule has 10 aromatic rings. The normalized spacial score (nSPS) is 13.2. The van der Waals surface area contributed by atoms with Crippen molar-refractivity contribution in [1.82, 2.24) is 19.3 Å². The number of hydrogen-bond acceptors (Lipinski definition) is 3. The van der Waals surface area contributed by atoms with Gasteiger partial charge in [-0.3, -0.25) is 4.68 Å². The molecule has 0 amide bonds. The molecule has 5 nitrogen and oxygen atoms in total. The number of aromatic nitrogens is 4. The van der Waals surface area contributed by atoms with Gasteiger partial charge >= 0.3 is 21.1 Å². The molecular formula is C63H57N5Pt. The maximum Gasteiger partial charge on any atom is 2.00 e. The van der Waals surface area contributed by atoms with E-state index in [2.05, 4.69) is 252 Å². The minimum absolute atomic E-state index is 0. The first-order valence-electron chi connectivity index (χ1n) is 24.1. The Bertz CT molecular complexity index is 3510. The number of pyridine rings is 1. The van der Waals surface area contributed by atoms with E-state index in [9.17, 15) is 0 Å². The standard InChI is InChI=1S/C63H57N5.Pt/c1-40(2)47-26-20-27-48(41(3)4)58(47)59-60(42-21-12-10-13-22-42)65-68(61(59)43-23-14-11-15-24-43)46-32-34-52-56(39-46)66(54-30-19-17-28-51(54)63(52,8)9)45-31-33-50-49-25-16-18-29-53(49)67(55(50)38-45)57-37-44(35-36-64-57)62(5,6)7;/h10-37,40-41H,1-9H3;/q-2;+2. The second kappa shape index (κ2) is 17.6. The van der Waals surface area contributed by atoms with Crippen LogP contribution in [-0.2, 0) is 31.9 Å². The van der Waals surface area contributed by atoms with Gasteiger partial charge in [0.05, 0.1) is 5.69 Å². The summed E-state index contributed by atoms with van der Waals surface area (Å²) in [6.07, 6.45) is 1.94. The van der Waals surface area contributed by atoms with Crippen LogP contribution in [0.2, 0.25) is 0 Å². The number of rotatable bonds is 8. The first kappa shape index (κ1) is 45.9. The minimum atomic E-state index is -0.330. The SMILES string of the molecule is CC(C)c1cccc(C(C)C)c1-c1c(-c2ccccc2)nn(-c2[c-]c3c(cc2)C(C)(C)c2ccccc2N3c2[c-]c3c(cc2)c2ccccc2n3-c2cc(C(C)(C)C)ccn2)c1-c1ccccc1.[Pt+2]. The van der Waals surface area contributed by atoms with E-state index in [1.807, 2.05) is 6.20 Å². The zero-order valence-corrected chi connectivity index (χ0v) is 43.1. The summed E-state index contributed by atoms with van der Waals surface area (Å²) >= 11 is 0. The molecule has 1 aliphatic heterocycles. The molecule has 0 atom stereocenters. The molecule has 0 spiro atoms. The van der Waals surface area contributed by atoms with Crippen LogP contribution in [0.1, 0.15) is 102 Å². The Morgan fingerprint density at radius 1 is 0.580 bits per heavy atom. The molecule has 7 aromatic carbocycles. The van der Waals surface area contributed by atoms with Crippen LogP contribution in [0.5, 0.6) is 0 Å². The molecule has 3 aromatic heterocycles. The Morgan fingerprint density at radius 3 is 1.91 bits per heavy atom. The third kappa shape index (κ3) is 7.67. The van der Waals surface area contributed by atoms with Crippen LogP contribution in [0.15, 0.2) is 170 Å². The average molecular weight is 1080 g/mol. The van der Waals surface area contributed by atoms with Crippen molar-refractivity contribution in [3.8, 4) is 45.1 Å². The van der Waals surface area contributed by atoms with Crippen molar-refractivity contribution in [1.29, 1.82) is 0 Å². The van der Waals surface area contributed by atoms with Crippen LogP contribution in [0, 0.1) is 12.1 Å². The molecular weight excluding hydrogens is 1020 g/mol. The molecule has 0 aliphatic carbocycles. The summed E-state index contributed by atoms with van der Waals surface area (Å²) < 4.78 is 4.45. The van der Waals surface area contributed by atoms with Crippen LogP contribution < -0.4 is 4.90 Å². The van der Waals surface area contributed by atoms with Gasteiger partial charge in [0.1, 0.15) is 11.5 Å². The molecule has 11 rings (SSSR count). The molecule has 0 bridgehead atoms. The van der Waals surface area contributed by atoms with Crippen LogP contribution >= 0.6 is 0 Å². The number of nitrogens with zero attached hydrogens (tertiary/aromatic N) is 5. The molecule has 0 fully saturated rings. The number of benzene rings is 7. The van der Waals surface area contributed by atoms with Crippen LogP contribution in [-0.4, -0.2) is 19.3 Å². The molecule has 0 radical (unpaired) electrons. The molecule has 344 valence electrons. The Hall–Kier alpha value is -6.81. The largest absolute Gasteiger partial charge is 2.00 e. The smallest absolute Gasteiger partial charge is 0.358 e. The van der Waals surface area contributed by atoms with Gasteiger partial charge in [0.15, 0.2) is 0 Å². The monoisotopic (exact) mass is 1080 g/mol. The minimum Gasteiger partial charge on any atom is -0.358 e. The summed E-state index contributed by atoms with van der Waals surface area (Å²) in [5.41, 5.74) is 18.4. The van der Waals surface area contributed by atoms with Crippen molar-refractivity contribution in [2.45, 2.75) is 85.0 Å². The number of anilines is 3. The fourth-order valence-electron chi connectivity index (χ4n) is 10.6. The van der Waals surface area contributed by atoms with E-state index in [0.29, 0.717) is 0 Å². The summed E-state index contributed by atoms with van der Waals surface area (Å²) in [7, 11) is 0. The fraction of sp³-hybridized carbons (Fsp3) is 0.206. The Kier molecular flexibility index (Phi) is 11.7. The van der Waals surface area contributed by atoms with Gasteiger partial charge < -0.3 is 9.47 Å². The van der Waals surface area contributed by atoms with E-state index in [4.69, 9.17) is 10.1 Å². The van der Waals surface area contributed by atoms with Gasteiger partial charge in [-0.05, 0) is 85.8 Å². The van der Waals surface area contributed by atoms with Crippen LogP contribution in [0.4, 0.5) is 17.1 Å². The maximum atomic E-state index is 5.72. The molecule has 0 N–H and O–H groups in total. The fourth-order valence-corrected chi connectivity index (χ4v) is 10.6. The van der Waals surface area contributed by atoms with E-state index in [-0.39, 0.29) is 43.7 Å². The first-order valence-corrected chi connectivity index (χ1v) is 24.1. The van der Waals surface area contributed by atoms with Gasteiger partial charge in [0, 0.05) is 34.1 Å². The summed E-state index contributed by atoms with van der Waals surface area (Å²) in [5, 5.41) is 8.01. The third-order valence-corrected chi connectivity index (χ3v) is 14.1. The Labute approximate surface area is 421 Å². The molecule has 0 unspecified atom stereocenters. The van der Waals surface area contributed by atoms with Crippen LogP contribution in [0.3, 0.4) is 0 Å². The number of para-hydroxylation sites is 2. The van der Waals surface area contributed by atoms with Crippen molar-refractivity contribution in [3.63, 3.8) is 0 Å². The molecule has 69 heavy (non-hydrogen) atoms. The summed E-state index contributed by atoms with van der Waals surface area (Å²) in [6.45, 7) is 20.6. The molecule has 0 saturated heterocycles. The predicted octanol–water partition coefficient (Wildman–Crippen LogP) is 16.6. The van der Waals surface area contributed by atoms with E-state index < -0.39 is 0 Å². The zero-order chi connectivity index (χ0) is 47.1. The van der Waals surface area contributed by atoms with E-state index in [0.717, 1.165) is 73.1 Å². The third-order valence-electron chi connectivity index (χ3n) is 14.1. The van der Waals surface area contributed by atoms with E-state index in [1.165, 1.54) is 38.8 Å². The Morgan fingerprint density at radius 2 is 1.22 bits per heavy atom. The van der Waals surface area contributed by atoms with Crippen molar-refractivity contribution in [2.75, 3.05) is 4.90 Å². The molecule has 0 saturated carbocycles. The summed E-state index contributed by atoms with van der Waals surface area (Å²) in [4.78, 5) is 7.37. The van der Waals surface area contributed by atoms with E-state index >= 15 is 0 Å². The summed E-state index contributed by atoms with van der Waals surface area (Å²) in [5.74, 6) is 1.45. The molecule has 6 heteroatoms. The maximum absolute atomic E-state index is 5.72. The molecule has 4 heterocycles. The van der Waals surface area contributed by atoms with Gasteiger partial charge in [-0.2, -0.15) is 17.2 Å². The van der Waals surface area contributed by atoms with Crippen LogP contribution in [0.25, 0.3) is 67.0 Å². The van der Waals surface area contributed by atoms with Gasteiger partial charge in [0.25, 0.3) is 0 Å². The van der Waals surface area contributed by atoms with Gasteiger partial charge in [-0.25, -0.2) is 4.98 Å². The zero-order valence-electron chi connectivity index (χ0n) is 40.9. The second-order valence-electron chi connectivity index (χ2n) is 20.5. The van der Waals surface area contributed by atoms with Crippen molar-refractivity contribution < 1.29 is 21.1 Å². The van der Waals surface area contributed by atoms with Gasteiger partial charge in [-0.15, -0.1) is 35.2 Å². The Balaban J connectivity index is 0.00000553. The quantitative estimate of drug-likeness (QED) is 0.142. The predicted molar refractivity (Wildman–Crippen MR) is 283 cm³/mol. The first-order chi connectivity index (χ1) is 32.8. The molecule has 1 aliphatic rings. The summed E-state index contributed by atoms with van der Waals surface area (Å²) in [6, 6.07) is 67.3. The van der Waals surface area contributed by atoms with E-state index in [1.54, 1.807) is 0 Å². The number of hydrogen-bond donors (Lipinski definition) is 0. The number of fused-ring (bicyclic) bond motifs is 5. The van der Waals surface area contributed by atoms with Crippen molar-refractivity contribution in [2.24, 2.45) is 0 Å². The van der Waals surface area contributed by atoms with Crippen molar-refractivity contribution >= 4 is 38.9 Å². The van der Waals surface area contributed by atoms with Gasteiger partial charge in [0.2, 0.25) is 0 Å². The van der Waals surface area contributed by atoms with Crippen molar-refractivity contribution in [3.05, 3.63) is 210 Å². The topological polar surface area (TPSA) is 38.9 Å². The average Bonchev–Trinajstić information content (AvgIpc) is 3.91. The second-order valence-corrected chi connectivity index (χ2v) is 20.5.